The molecule has 1 aromatic carbocycles. The molecule has 2 aromatic heterocycles. The van der Waals surface area contributed by atoms with E-state index in [-0.39, 0.29) is 36.0 Å². The molecule has 0 radical (unpaired) electrons. The Morgan fingerprint density at radius 3 is 3.08 bits per heavy atom. The predicted octanol–water partition coefficient (Wildman–Crippen LogP) is 2.46. The minimum absolute atomic E-state index is 0.0546. The van der Waals surface area contributed by atoms with Crippen LogP contribution in [0.1, 0.15) is 12.1 Å². The lowest BCUT2D eigenvalue weighted by molar-refractivity contribution is -0.122. The van der Waals surface area contributed by atoms with Gasteiger partial charge in [0.2, 0.25) is 11.8 Å². The zero-order chi connectivity index (χ0) is 17.6. The first-order chi connectivity index (χ1) is 12.0. The summed E-state index contributed by atoms with van der Waals surface area (Å²) in [6.45, 7) is 1.99. The Morgan fingerprint density at radius 2 is 2.32 bits per heavy atom. The number of hydrogen-bond donors (Lipinski definition) is 2. The van der Waals surface area contributed by atoms with Gasteiger partial charge in [-0.3, -0.25) is 19.6 Å². The van der Waals surface area contributed by atoms with E-state index in [1.54, 1.807) is 12.1 Å². The third kappa shape index (κ3) is 2.76. The van der Waals surface area contributed by atoms with E-state index in [1.165, 1.54) is 22.3 Å². The van der Waals surface area contributed by atoms with Crippen molar-refractivity contribution in [3.63, 3.8) is 0 Å². The van der Waals surface area contributed by atoms with E-state index in [4.69, 9.17) is 0 Å². The Hall–Kier alpha value is -2.81. The molecule has 0 saturated carbocycles. The molecule has 1 aliphatic rings. The van der Waals surface area contributed by atoms with Gasteiger partial charge in [0.15, 0.2) is 10.9 Å². The Labute approximate surface area is 145 Å². The lowest BCUT2D eigenvalue weighted by atomic mass is 10.1. The first kappa shape index (κ1) is 15.7. The van der Waals surface area contributed by atoms with Gasteiger partial charge >= 0.3 is 0 Å². The first-order valence-corrected chi connectivity index (χ1v) is 8.57. The lowest BCUT2D eigenvalue weighted by Crippen LogP contribution is -2.28. The molecule has 0 aliphatic carbocycles. The molecule has 2 N–H and O–H groups in total. The summed E-state index contributed by atoms with van der Waals surface area (Å²) in [6, 6.07) is 4.57. The van der Waals surface area contributed by atoms with Crippen molar-refractivity contribution in [3.8, 4) is 0 Å². The average molecular weight is 359 g/mol. The van der Waals surface area contributed by atoms with Crippen LogP contribution in [0.5, 0.6) is 0 Å². The Balaban J connectivity index is 1.56. The van der Waals surface area contributed by atoms with Gasteiger partial charge in [-0.15, -0.1) is 11.3 Å². The zero-order valence-electron chi connectivity index (χ0n) is 13.2. The molecule has 25 heavy (non-hydrogen) atoms. The minimum atomic E-state index is -0.532. The van der Waals surface area contributed by atoms with E-state index in [1.807, 2.05) is 12.3 Å². The van der Waals surface area contributed by atoms with E-state index < -0.39 is 11.7 Å². The fourth-order valence-electron chi connectivity index (χ4n) is 2.92. The van der Waals surface area contributed by atoms with Crippen molar-refractivity contribution >= 4 is 45.0 Å². The second-order valence-corrected chi connectivity index (χ2v) is 6.76. The monoisotopic (exact) mass is 359 g/mol. The fourth-order valence-corrected chi connectivity index (χ4v) is 3.61. The minimum Gasteiger partial charge on any atom is -0.302 e. The molecule has 7 nitrogen and oxygen atoms in total. The van der Waals surface area contributed by atoms with Gasteiger partial charge in [0.25, 0.3) is 0 Å². The van der Waals surface area contributed by atoms with Crippen molar-refractivity contribution in [1.82, 2.24) is 15.2 Å². The van der Waals surface area contributed by atoms with Gasteiger partial charge in [-0.05, 0) is 19.1 Å². The molecule has 1 saturated heterocycles. The van der Waals surface area contributed by atoms with E-state index in [0.717, 1.165) is 5.69 Å². The van der Waals surface area contributed by atoms with Crippen LogP contribution in [0.2, 0.25) is 0 Å². The van der Waals surface area contributed by atoms with Crippen LogP contribution in [0.25, 0.3) is 10.9 Å². The number of thiazole rings is 1. The molecule has 0 unspecified atom stereocenters. The number of rotatable bonds is 3. The standard InChI is InChI=1S/C16H14FN5O2S/c1-8-7-25-16(18-8)19-15(24)9-5-12(23)22(6-9)14-13-10(17)3-2-4-11(13)20-21-14/h2-4,7,9H,5-6H2,1H3,(H,20,21)(H,18,19,24)/t9-/m1/s1. The predicted molar refractivity (Wildman–Crippen MR) is 92.0 cm³/mol. The van der Waals surface area contributed by atoms with Crippen molar-refractivity contribution in [1.29, 1.82) is 0 Å². The lowest BCUT2D eigenvalue weighted by Gasteiger charge is -2.14. The molecule has 3 heterocycles. The van der Waals surface area contributed by atoms with Crippen LogP contribution in [0, 0.1) is 18.7 Å². The summed E-state index contributed by atoms with van der Waals surface area (Å²) in [5.41, 5.74) is 1.33. The van der Waals surface area contributed by atoms with E-state index >= 15 is 0 Å². The third-order valence-electron chi connectivity index (χ3n) is 4.12. The number of nitrogens with zero attached hydrogens (tertiary/aromatic N) is 3. The number of hydrogen-bond acceptors (Lipinski definition) is 5. The van der Waals surface area contributed by atoms with Gasteiger partial charge in [-0.2, -0.15) is 5.10 Å². The van der Waals surface area contributed by atoms with Gasteiger partial charge in [-0.25, -0.2) is 9.37 Å². The molecule has 3 aromatic rings. The molecular weight excluding hydrogens is 345 g/mol. The highest BCUT2D eigenvalue weighted by Gasteiger charge is 2.37. The molecule has 1 atom stereocenters. The van der Waals surface area contributed by atoms with Crippen LogP contribution in [0.3, 0.4) is 0 Å². The Kier molecular flexibility index (Phi) is 3.72. The average Bonchev–Trinajstić information content (AvgIpc) is 3.26. The maximum Gasteiger partial charge on any atom is 0.231 e. The number of fused-ring (bicyclic) bond motifs is 1. The van der Waals surface area contributed by atoms with E-state index in [0.29, 0.717) is 10.6 Å². The fraction of sp³-hybridized carbons (Fsp3) is 0.250. The number of nitrogens with one attached hydrogen (secondary N) is 2. The SMILES string of the molecule is Cc1csc(NC(=O)[C@@H]2CC(=O)N(c3n[nH]c4cccc(F)c34)C2)n1. The third-order valence-corrected chi connectivity index (χ3v) is 5.00. The number of anilines is 2. The highest BCUT2D eigenvalue weighted by molar-refractivity contribution is 7.13. The van der Waals surface area contributed by atoms with E-state index in [2.05, 4.69) is 20.5 Å². The quantitative estimate of drug-likeness (QED) is 0.751. The summed E-state index contributed by atoms with van der Waals surface area (Å²) < 4.78 is 14.1. The molecule has 1 aliphatic heterocycles. The summed E-state index contributed by atoms with van der Waals surface area (Å²) >= 11 is 1.33. The van der Waals surface area contributed by atoms with Crippen LogP contribution in [0.4, 0.5) is 15.3 Å². The molecule has 1 fully saturated rings. The molecule has 0 spiro atoms. The normalized spacial score (nSPS) is 17.4. The van der Waals surface area contributed by atoms with Crippen molar-refractivity contribution in [2.24, 2.45) is 5.92 Å². The van der Waals surface area contributed by atoms with Crippen LogP contribution in [0.15, 0.2) is 23.6 Å². The van der Waals surface area contributed by atoms with Crippen molar-refractivity contribution in [2.45, 2.75) is 13.3 Å². The van der Waals surface area contributed by atoms with Crippen LogP contribution in [-0.2, 0) is 9.59 Å². The maximum atomic E-state index is 14.1. The Morgan fingerprint density at radius 1 is 1.48 bits per heavy atom. The van der Waals surface area contributed by atoms with Crippen LogP contribution < -0.4 is 10.2 Å². The highest BCUT2D eigenvalue weighted by atomic mass is 32.1. The second-order valence-electron chi connectivity index (χ2n) is 5.90. The van der Waals surface area contributed by atoms with Crippen molar-refractivity contribution < 1.29 is 14.0 Å². The number of carbonyl (C=O) groups is 2. The number of halogens is 1. The smallest absolute Gasteiger partial charge is 0.231 e. The number of benzene rings is 1. The number of aryl methyl sites for hydroxylation is 1. The summed E-state index contributed by atoms with van der Waals surface area (Å²) in [7, 11) is 0. The number of amides is 2. The molecule has 4 rings (SSSR count). The topological polar surface area (TPSA) is 91.0 Å². The molecule has 9 heteroatoms. The molecule has 2 amide bonds. The highest BCUT2D eigenvalue weighted by Crippen LogP contribution is 2.31. The van der Waals surface area contributed by atoms with Gasteiger partial charge in [0, 0.05) is 18.3 Å². The van der Waals surface area contributed by atoms with Gasteiger partial charge in [0.05, 0.1) is 22.5 Å². The largest absolute Gasteiger partial charge is 0.302 e. The second kappa shape index (κ2) is 5.92. The Bertz CT molecular complexity index is 982. The number of aromatic nitrogens is 3. The zero-order valence-corrected chi connectivity index (χ0v) is 14.1. The number of carbonyl (C=O) groups excluding carboxylic acids is 2. The summed E-state index contributed by atoms with van der Waals surface area (Å²) in [4.78, 5) is 30.3. The summed E-state index contributed by atoms with van der Waals surface area (Å²) in [5.74, 6) is -1.30. The van der Waals surface area contributed by atoms with Gasteiger partial charge in [0.1, 0.15) is 5.82 Å². The first-order valence-electron chi connectivity index (χ1n) is 7.69. The van der Waals surface area contributed by atoms with Crippen molar-refractivity contribution in [2.75, 3.05) is 16.8 Å². The summed E-state index contributed by atoms with van der Waals surface area (Å²) in [5, 5.41) is 12.1. The molecule has 0 bridgehead atoms. The van der Waals surface area contributed by atoms with Crippen molar-refractivity contribution in [3.05, 3.63) is 35.1 Å². The number of H-pyrrole nitrogens is 1. The maximum absolute atomic E-state index is 14.1. The molecular formula is C16H14FN5O2S. The summed E-state index contributed by atoms with van der Waals surface area (Å²) in [6.07, 6.45) is 0.0546. The van der Waals surface area contributed by atoms with Gasteiger partial charge < -0.3 is 5.32 Å². The van der Waals surface area contributed by atoms with Crippen LogP contribution in [-0.4, -0.2) is 33.5 Å². The molecule has 128 valence electrons. The van der Waals surface area contributed by atoms with E-state index in [9.17, 15) is 14.0 Å². The van der Waals surface area contributed by atoms with Gasteiger partial charge in [-0.1, -0.05) is 6.07 Å². The van der Waals surface area contributed by atoms with Crippen LogP contribution >= 0.6 is 11.3 Å². The number of aromatic amines is 1.